The molecule has 1 aromatic rings. The Morgan fingerprint density at radius 2 is 2.10 bits per heavy atom. The fourth-order valence-corrected chi connectivity index (χ4v) is 3.22. The topological polar surface area (TPSA) is 57.0 Å². The van der Waals surface area contributed by atoms with E-state index in [9.17, 15) is 0 Å². The highest BCUT2D eigenvalue weighted by atomic mass is 16.5. The molecule has 5 heteroatoms. The maximum Gasteiger partial charge on any atom is 0.124 e. The van der Waals surface area contributed by atoms with Crippen molar-refractivity contribution in [2.24, 2.45) is 5.73 Å². The molecule has 5 nitrogen and oxygen atoms in total. The average Bonchev–Trinajstić information content (AvgIpc) is 3.38. The number of rotatable bonds is 5. The lowest BCUT2D eigenvalue weighted by molar-refractivity contribution is -0.0718. The van der Waals surface area contributed by atoms with Gasteiger partial charge in [0.05, 0.1) is 33.0 Å². The third kappa shape index (κ3) is 2.86. The van der Waals surface area contributed by atoms with E-state index in [-0.39, 0.29) is 12.1 Å². The van der Waals surface area contributed by atoms with Gasteiger partial charge >= 0.3 is 0 Å². The number of ether oxygens (including phenoxy) is 3. The highest BCUT2D eigenvalue weighted by Gasteiger charge is 2.42. The van der Waals surface area contributed by atoms with Gasteiger partial charge in [0.1, 0.15) is 11.5 Å². The van der Waals surface area contributed by atoms with Gasteiger partial charge in [0.15, 0.2) is 0 Å². The van der Waals surface area contributed by atoms with Gasteiger partial charge < -0.3 is 19.9 Å². The predicted molar refractivity (Wildman–Crippen MR) is 80.8 cm³/mol. The summed E-state index contributed by atoms with van der Waals surface area (Å²) in [4.78, 5) is 2.53. The van der Waals surface area contributed by atoms with Gasteiger partial charge in [-0.2, -0.15) is 0 Å². The van der Waals surface area contributed by atoms with Gasteiger partial charge in [-0.1, -0.05) is 0 Å². The average molecular weight is 292 g/mol. The summed E-state index contributed by atoms with van der Waals surface area (Å²) < 4.78 is 16.9. The Morgan fingerprint density at radius 1 is 1.29 bits per heavy atom. The lowest BCUT2D eigenvalue weighted by Gasteiger charge is -2.41. The quantitative estimate of drug-likeness (QED) is 0.892. The molecule has 1 saturated heterocycles. The molecule has 0 bridgehead atoms. The maximum absolute atomic E-state index is 5.95. The van der Waals surface area contributed by atoms with E-state index in [1.165, 1.54) is 12.8 Å². The van der Waals surface area contributed by atoms with Crippen molar-refractivity contribution in [2.45, 2.75) is 31.0 Å². The molecule has 1 aromatic carbocycles. The van der Waals surface area contributed by atoms with Crippen LogP contribution in [0.25, 0.3) is 0 Å². The van der Waals surface area contributed by atoms with E-state index in [1.807, 2.05) is 12.1 Å². The van der Waals surface area contributed by atoms with Crippen molar-refractivity contribution in [1.29, 1.82) is 0 Å². The molecule has 0 spiro atoms. The van der Waals surface area contributed by atoms with Crippen LogP contribution in [0, 0.1) is 0 Å². The van der Waals surface area contributed by atoms with Crippen LogP contribution in [0.5, 0.6) is 11.5 Å². The van der Waals surface area contributed by atoms with E-state index in [4.69, 9.17) is 19.9 Å². The van der Waals surface area contributed by atoms with Crippen LogP contribution in [-0.4, -0.2) is 51.0 Å². The summed E-state index contributed by atoms with van der Waals surface area (Å²) in [7, 11) is 3.38. The number of hydrogen-bond acceptors (Lipinski definition) is 5. The molecule has 2 aliphatic rings. The number of hydrogen-bond donors (Lipinski definition) is 1. The Hall–Kier alpha value is -1.30. The zero-order chi connectivity index (χ0) is 14.8. The second-order valence-electron chi connectivity index (χ2n) is 5.67. The molecular weight excluding hydrogens is 268 g/mol. The smallest absolute Gasteiger partial charge is 0.124 e. The molecule has 1 heterocycles. The first kappa shape index (κ1) is 14.6. The Morgan fingerprint density at radius 3 is 2.71 bits per heavy atom. The molecule has 1 saturated carbocycles. The van der Waals surface area contributed by atoms with Gasteiger partial charge in [0.25, 0.3) is 0 Å². The molecule has 1 aliphatic carbocycles. The fraction of sp³-hybridized carbons (Fsp3) is 0.625. The lowest BCUT2D eigenvalue weighted by Crippen LogP contribution is -2.49. The van der Waals surface area contributed by atoms with Crippen molar-refractivity contribution < 1.29 is 14.2 Å². The minimum atomic E-state index is 0.000330. The standard InChI is InChI=1S/C16H24N2O3/c1-19-12-5-6-14(20-2)13(9-12)16-15(10-17)21-8-7-18(16)11-3-4-11/h5-6,9,11,15-16H,3-4,7-8,10,17H2,1-2H3. The number of nitrogens with two attached hydrogens (primary N) is 1. The van der Waals surface area contributed by atoms with Crippen LogP contribution in [0.15, 0.2) is 18.2 Å². The van der Waals surface area contributed by atoms with Crippen LogP contribution in [0.2, 0.25) is 0 Å². The van der Waals surface area contributed by atoms with Gasteiger partial charge in [-0.15, -0.1) is 0 Å². The van der Waals surface area contributed by atoms with E-state index < -0.39 is 0 Å². The van der Waals surface area contributed by atoms with Crippen molar-refractivity contribution in [3.05, 3.63) is 23.8 Å². The van der Waals surface area contributed by atoms with Crippen LogP contribution < -0.4 is 15.2 Å². The summed E-state index contributed by atoms with van der Waals surface area (Å²) >= 11 is 0. The van der Waals surface area contributed by atoms with Gasteiger partial charge in [-0.25, -0.2) is 0 Å². The van der Waals surface area contributed by atoms with E-state index in [0.29, 0.717) is 12.6 Å². The first-order valence-electron chi connectivity index (χ1n) is 7.57. The second-order valence-corrected chi connectivity index (χ2v) is 5.67. The third-order valence-electron chi connectivity index (χ3n) is 4.39. The van der Waals surface area contributed by atoms with E-state index in [1.54, 1.807) is 14.2 Å². The second kappa shape index (κ2) is 6.22. The molecule has 0 amide bonds. The maximum atomic E-state index is 5.95. The van der Waals surface area contributed by atoms with Crippen LogP contribution >= 0.6 is 0 Å². The molecule has 116 valence electrons. The van der Waals surface area contributed by atoms with Crippen LogP contribution in [-0.2, 0) is 4.74 Å². The Balaban J connectivity index is 2.00. The van der Waals surface area contributed by atoms with Gasteiger partial charge in [0, 0.05) is 24.7 Å². The molecule has 1 aliphatic heterocycles. The minimum absolute atomic E-state index is 0.000330. The molecule has 2 atom stereocenters. The molecule has 2 unspecified atom stereocenters. The molecule has 0 radical (unpaired) electrons. The van der Waals surface area contributed by atoms with Crippen molar-refractivity contribution in [3.8, 4) is 11.5 Å². The summed E-state index contributed by atoms with van der Waals surface area (Å²) in [5, 5.41) is 0. The SMILES string of the molecule is COc1ccc(OC)c(C2C(CN)OCCN2C2CC2)c1. The molecular formula is C16H24N2O3. The van der Waals surface area contributed by atoms with E-state index in [2.05, 4.69) is 11.0 Å². The zero-order valence-electron chi connectivity index (χ0n) is 12.7. The van der Waals surface area contributed by atoms with Gasteiger partial charge in [-0.05, 0) is 31.0 Å². The van der Waals surface area contributed by atoms with Crippen molar-refractivity contribution in [3.63, 3.8) is 0 Å². The van der Waals surface area contributed by atoms with Crippen molar-refractivity contribution in [1.82, 2.24) is 4.90 Å². The summed E-state index contributed by atoms with van der Waals surface area (Å²) in [6, 6.07) is 6.73. The molecule has 2 N–H and O–H groups in total. The van der Waals surface area contributed by atoms with E-state index in [0.717, 1.165) is 30.2 Å². The van der Waals surface area contributed by atoms with Crippen molar-refractivity contribution >= 4 is 0 Å². The fourth-order valence-electron chi connectivity index (χ4n) is 3.22. The summed E-state index contributed by atoms with van der Waals surface area (Å²) in [6.07, 6.45) is 2.53. The molecule has 3 rings (SSSR count). The normalized spacial score (nSPS) is 26.6. The van der Waals surface area contributed by atoms with Crippen LogP contribution in [0.4, 0.5) is 0 Å². The molecule has 0 aromatic heterocycles. The number of morpholine rings is 1. The Kier molecular flexibility index (Phi) is 4.33. The van der Waals surface area contributed by atoms with Crippen LogP contribution in [0.3, 0.4) is 0 Å². The zero-order valence-corrected chi connectivity index (χ0v) is 12.7. The van der Waals surface area contributed by atoms with Gasteiger partial charge in [-0.3, -0.25) is 4.90 Å². The highest BCUT2D eigenvalue weighted by Crippen LogP contribution is 2.42. The monoisotopic (exact) mass is 292 g/mol. The van der Waals surface area contributed by atoms with Gasteiger partial charge in [0.2, 0.25) is 0 Å². The van der Waals surface area contributed by atoms with Crippen molar-refractivity contribution in [2.75, 3.05) is 33.9 Å². The summed E-state index contributed by atoms with van der Waals surface area (Å²) in [5.41, 5.74) is 7.06. The summed E-state index contributed by atoms with van der Waals surface area (Å²) in [5.74, 6) is 1.71. The Bertz CT molecular complexity index is 490. The lowest BCUT2D eigenvalue weighted by atomic mass is 9.96. The first-order chi connectivity index (χ1) is 10.3. The van der Waals surface area contributed by atoms with E-state index >= 15 is 0 Å². The highest BCUT2D eigenvalue weighted by molar-refractivity contribution is 5.43. The molecule has 21 heavy (non-hydrogen) atoms. The minimum Gasteiger partial charge on any atom is -0.497 e. The predicted octanol–water partition coefficient (Wildman–Crippen LogP) is 1.57. The van der Waals surface area contributed by atoms with Crippen LogP contribution in [0.1, 0.15) is 24.4 Å². The number of benzene rings is 1. The molecule has 2 fully saturated rings. The number of nitrogens with zero attached hydrogens (tertiary/aromatic N) is 1. The number of methoxy groups -OCH3 is 2. The largest absolute Gasteiger partial charge is 0.497 e. The summed E-state index contributed by atoms with van der Waals surface area (Å²) in [6.45, 7) is 2.21. The third-order valence-corrected chi connectivity index (χ3v) is 4.39. The first-order valence-corrected chi connectivity index (χ1v) is 7.57. The Labute approximate surface area is 126 Å².